The van der Waals surface area contributed by atoms with Crippen LogP contribution in [0.5, 0.6) is 0 Å². The number of aromatic amines is 1. The Morgan fingerprint density at radius 1 is 1.54 bits per heavy atom. The van der Waals surface area contributed by atoms with Crippen molar-refractivity contribution >= 4 is 5.91 Å². The van der Waals surface area contributed by atoms with Gasteiger partial charge in [-0.3, -0.25) is 4.79 Å². The van der Waals surface area contributed by atoms with Gasteiger partial charge in [0.25, 0.3) is 5.91 Å². The molecule has 2 N–H and O–H groups in total. The molecule has 0 saturated heterocycles. The van der Waals surface area contributed by atoms with E-state index in [0.29, 0.717) is 37.3 Å². The van der Waals surface area contributed by atoms with Crippen molar-refractivity contribution in [2.24, 2.45) is 5.92 Å². The van der Waals surface area contributed by atoms with Crippen LogP contribution in [-0.4, -0.2) is 27.0 Å². The first-order valence-corrected chi connectivity index (χ1v) is 7.37. The SMILES string of the molecule is N#Cc1c[nH]c(C(=O)NC[C@@H]2CCc3nc(C(F)(F)F)cn3C2)c1. The van der Waals surface area contributed by atoms with E-state index in [2.05, 4.69) is 15.3 Å². The number of carbonyl (C=O) groups excluding carboxylic acids is 1. The first-order valence-electron chi connectivity index (χ1n) is 7.37. The van der Waals surface area contributed by atoms with Gasteiger partial charge >= 0.3 is 6.18 Å². The maximum absolute atomic E-state index is 12.7. The van der Waals surface area contributed by atoms with Crippen molar-refractivity contribution in [3.63, 3.8) is 0 Å². The molecule has 6 nitrogen and oxygen atoms in total. The highest BCUT2D eigenvalue weighted by Crippen LogP contribution is 2.30. The Labute approximate surface area is 135 Å². The Morgan fingerprint density at radius 2 is 2.33 bits per heavy atom. The Hall–Kier alpha value is -2.76. The minimum Gasteiger partial charge on any atom is -0.356 e. The van der Waals surface area contributed by atoms with Crippen LogP contribution in [0.1, 0.15) is 34.0 Å². The number of H-pyrrole nitrogens is 1. The largest absolute Gasteiger partial charge is 0.434 e. The topological polar surface area (TPSA) is 86.5 Å². The number of nitriles is 1. The van der Waals surface area contributed by atoms with Gasteiger partial charge in [0.1, 0.15) is 17.6 Å². The number of hydrogen-bond acceptors (Lipinski definition) is 3. The highest BCUT2D eigenvalue weighted by molar-refractivity contribution is 5.92. The molecule has 1 amide bonds. The van der Waals surface area contributed by atoms with Crippen LogP contribution in [0, 0.1) is 17.2 Å². The van der Waals surface area contributed by atoms with Crippen LogP contribution >= 0.6 is 0 Å². The van der Waals surface area contributed by atoms with Crippen molar-refractivity contribution in [1.29, 1.82) is 5.26 Å². The van der Waals surface area contributed by atoms with Gasteiger partial charge in [0, 0.05) is 31.9 Å². The Kier molecular flexibility index (Phi) is 4.05. The van der Waals surface area contributed by atoms with Gasteiger partial charge in [-0.15, -0.1) is 0 Å². The lowest BCUT2D eigenvalue weighted by Gasteiger charge is -2.23. The normalized spacial score (nSPS) is 17.2. The van der Waals surface area contributed by atoms with E-state index in [1.54, 1.807) is 0 Å². The molecule has 0 bridgehead atoms. The fourth-order valence-electron chi connectivity index (χ4n) is 2.74. The summed E-state index contributed by atoms with van der Waals surface area (Å²) in [7, 11) is 0. The molecule has 2 aromatic rings. The second-order valence-corrected chi connectivity index (χ2v) is 5.72. The highest BCUT2D eigenvalue weighted by atomic mass is 19.4. The molecule has 3 heterocycles. The molecular weight excluding hydrogens is 323 g/mol. The number of amides is 1. The number of aromatic nitrogens is 3. The van der Waals surface area contributed by atoms with Gasteiger partial charge < -0.3 is 14.9 Å². The third-order valence-electron chi connectivity index (χ3n) is 3.99. The molecule has 0 spiro atoms. The van der Waals surface area contributed by atoms with Crippen molar-refractivity contribution in [2.75, 3.05) is 6.54 Å². The van der Waals surface area contributed by atoms with Crippen LogP contribution in [0.2, 0.25) is 0 Å². The maximum atomic E-state index is 12.7. The molecule has 1 aliphatic heterocycles. The van der Waals surface area contributed by atoms with Crippen LogP contribution in [0.4, 0.5) is 13.2 Å². The first kappa shape index (κ1) is 16.1. The van der Waals surface area contributed by atoms with Gasteiger partial charge in [-0.2, -0.15) is 18.4 Å². The summed E-state index contributed by atoms with van der Waals surface area (Å²) in [5, 5.41) is 11.5. The molecule has 9 heteroatoms. The van der Waals surface area contributed by atoms with Crippen LogP contribution in [0.3, 0.4) is 0 Å². The lowest BCUT2D eigenvalue weighted by atomic mass is 9.99. The predicted octanol–water partition coefficient (Wildman–Crippen LogP) is 2.09. The van der Waals surface area contributed by atoms with E-state index >= 15 is 0 Å². The van der Waals surface area contributed by atoms with Crippen molar-refractivity contribution in [3.8, 4) is 6.07 Å². The smallest absolute Gasteiger partial charge is 0.356 e. The average molecular weight is 337 g/mol. The van der Waals surface area contributed by atoms with E-state index in [-0.39, 0.29) is 17.5 Å². The number of hydrogen-bond donors (Lipinski definition) is 2. The van der Waals surface area contributed by atoms with E-state index in [9.17, 15) is 18.0 Å². The lowest BCUT2D eigenvalue weighted by molar-refractivity contribution is -0.141. The van der Waals surface area contributed by atoms with E-state index in [4.69, 9.17) is 5.26 Å². The third kappa shape index (κ3) is 3.27. The van der Waals surface area contributed by atoms with Crippen molar-refractivity contribution < 1.29 is 18.0 Å². The lowest BCUT2D eigenvalue weighted by Crippen LogP contribution is -2.33. The van der Waals surface area contributed by atoms with Crippen molar-refractivity contribution in [1.82, 2.24) is 19.9 Å². The number of carbonyl (C=O) groups is 1. The number of halogens is 3. The Bertz CT molecular complexity index is 799. The summed E-state index contributed by atoms with van der Waals surface area (Å²) < 4.78 is 39.6. The second-order valence-electron chi connectivity index (χ2n) is 5.72. The molecule has 0 radical (unpaired) electrons. The minimum atomic E-state index is -4.44. The zero-order chi connectivity index (χ0) is 17.3. The monoisotopic (exact) mass is 337 g/mol. The van der Waals surface area contributed by atoms with Crippen molar-refractivity contribution in [2.45, 2.75) is 25.6 Å². The summed E-state index contributed by atoms with van der Waals surface area (Å²) >= 11 is 0. The number of imidazole rings is 1. The minimum absolute atomic E-state index is 0.0298. The molecule has 1 aliphatic rings. The van der Waals surface area contributed by atoms with E-state index in [1.807, 2.05) is 6.07 Å². The summed E-state index contributed by atoms with van der Waals surface area (Å²) in [6, 6.07) is 3.36. The van der Waals surface area contributed by atoms with E-state index < -0.39 is 11.9 Å². The van der Waals surface area contributed by atoms with Crippen molar-refractivity contribution in [3.05, 3.63) is 41.2 Å². The molecule has 3 rings (SSSR count). The molecule has 1 atom stereocenters. The number of rotatable bonds is 3. The van der Waals surface area contributed by atoms with Gasteiger partial charge in [-0.1, -0.05) is 0 Å². The number of nitrogens with one attached hydrogen (secondary N) is 2. The molecule has 126 valence electrons. The summed E-state index contributed by atoms with van der Waals surface area (Å²) in [6.45, 7) is 0.728. The standard InChI is InChI=1S/C15H14F3N5O/c16-15(17,18)12-8-23-7-9(1-2-13(23)22-12)5-21-14(24)11-3-10(4-19)6-20-11/h3,6,8-9,20H,1-2,5,7H2,(H,21,24)/t9-/m0/s1. The van der Waals surface area contributed by atoms with E-state index in [0.717, 1.165) is 6.20 Å². The molecule has 0 unspecified atom stereocenters. The third-order valence-corrected chi connectivity index (χ3v) is 3.99. The quantitative estimate of drug-likeness (QED) is 0.899. The molecule has 24 heavy (non-hydrogen) atoms. The molecular formula is C15H14F3N5O. The predicted molar refractivity (Wildman–Crippen MR) is 76.9 cm³/mol. The molecule has 2 aromatic heterocycles. The van der Waals surface area contributed by atoms with Gasteiger partial charge in [-0.25, -0.2) is 4.98 Å². The molecule has 0 saturated carbocycles. The van der Waals surface area contributed by atoms with Crippen LogP contribution < -0.4 is 5.32 Å². The van der Waals surface area contributed by atoms with Gasteiger partial charge in [0.05, 0.1) is 5.56 Å². The average Bonchev–Trinajstić information content (AvgIpc) is 3.18. The first-order chi connectivity index (χ1) is 11.4. The Morgan fingerprint density at radius 3 is 3.00 bits per heavy atom. The van der Waals surface area contributed by atoms with Gasteiger partial charge in [0.2, 0.25) is 0 Å². The summed E-state index contributed by atoms with van der Waals surface area (Å²) in [4.78, 5) is 18.3. The number of aryl methyl sites for hydroxylation is 1. The van der Waals surface area contributed by atoms with Crippen LogP contribution in [0.25, 0.3) is 0 Å². The molecule has 0 fully saturated rings. The van der Waals surface area contributed by atoms with Gasteiger partial charge in [0.15, 0.2) is 5.69 Å². The second kappa shape index (κ2) is 6.03. The fraction of sp³-hybridized carbons (Fsp3) is 0.400. The van der Waals surface area contributed by atoms with E-state index in [1.165, 1.54) is 16.8 Å². The fourth-order valence-corrected chi connectivity index (χ4v) is 2.74. The number of alkyl halides is 3. The molecule has 0 aromatic carbocycles. The van der Waals surface area contributed by atoms with Crippen LogP contribution in [0.15, 0.2) is 18.5 Å². The Balaban J connectivity index is 1.59. The summed E-state index contributed by atoms with van der Waals surface area (Å²) in [5.41, 5.74) is -0.233. The number of nitrogens with zero attached hydrogens (tertiary/aromatic N) is 3. The summed E-state index contributed by atoms with van der Waals surface area (Å²) in [5.74, 6) is 0.110. The zero-order valence-electron chi connectivity index (χ0n) is 12.5. The van der Waals surface area contributed by atoms with Crippen LogP contribution in [-0.2, 0) is 19.1 Å². The number of fused-ring (bicyclic) bond motifs is 1. The highest BCUT2D eigenvalue weighted by Gasteiger charge is 2.35. The zero-order valence-corrected chi connectivity index (χ0v) is 12.5. The van der Waals surface area contributed by atoms with Gasteiger partial charge in [-0.05, 0) is 18.4 Å². The summed E-state index contributed by atoms with van der Waals surface area (Å²) in [6.07, 6.45) is -0.889. The maximum Gasteiger partial charge on any atom is 0.434 e. The molecule has 0 aliphatic carbocycles.